The van der Waals surface area contributed by atoms with Gasteiger partial charge in [0, 0.05) is 0 Å². The molecule has 2 atom stereocenters. The van der Waals surface area contributed by atoms with Crippen molar-refractivity contribution in [3.8, 4) is 0 Å². The Balaban J connectivity index is 2.40. The van der Waals surface area contributed by atoms with Crippen molar-refractivity contribution in [1.82, 2.24) is 0 Å². The van der Waals surface area contributed by atoms with Gasteiger partial charge in [-0.25, -0.2) is 0 Å². The molecule has 0 saturated heterocycles. The van der Waals surface area contributed by atoms with Gasteiger partial charge < -0.3 is 0 Å². The van der Waals surface area contributed by atoms with E-state index in [9.17, 15) is 0 Å². The maximum atomic E-state index is 2.62. The maximum Gasteiger partial charge on any atom is -0.0319 e. The molecular weight excluding hydrogens is 144 g/mol. The molecule has 0 N–H and O–H groups in total. The molecule has 1 aliphatic carbocycles. The average molecular weight is 167 g/mol. The van der Waals surface area contributed by atoms with E-state index in [4.69, 9.17) is 0 Å². The fraction of sp³-hybridized carbons (Fsp3) is 0.917. The topological polar surface area (TPSA) is 0 Å². The van der Waals surface area contributed by atoms with E-state index in [1.165, 1.54) is 19.3 Å². The van der Waals surface area contributed by atoms with Gasteiger partial charge in [0.05, 0.1) is 0 Å². The molecule has 0 amide bonds. The van der Waals surface area contributed by atoms with Gasteiger partial charge in [-0.2, -0.15) is 0 Å². The molecule has 0 aromatic rings. The summed E-state index contributed by atoms with van der Waals surface area (Å²) in [5, 5.41) is 0. The molecule has 0 aromatic carbocycles. The lowest BCUT2D eigenvalue weighted by molar-refractivity contribution is 0.255. The van der Waals surface area contributed by atoms with Gasteiger partial charge in [-0.05, 0) is 42.9 Å². The monoisotopic (exact) mass is 167 g/mol. The highest BCUT2D eigenvalue weighted by atomic mass is 14.3. The van der Waals surface area contributed by atoms with Crippen LogP contribution in [0.2, 0.25) is 0 Å². The van der Waals surface area contributed by atoms with E-state index in [0.29, 0.717) is 0 Å². The Labute approximate surface area is 77.7 Å². The zero-order valence-electron chi connectivity index (χ0n) is 9.01. The second kappa shape index (κ2) is 4.30. The van der Waals surface area contributed by atoms with Gasteiger partial charge in [-0.1, -0.05) is 34.1 Å². The third kappa shape index (κ3) is 2.50. The van der Waals surface area contributed by atoms with Crippen LogP contribution in [0.15, 0.2) is 0 Å². The molecule has 0 heteroatoms. The smallest absolute Gasteiger partial charge is 0.0319 e. The molecule has 0 heterocycles. The third-order valence-corrected chi connectivity index (χ3v) is 3.28. The summed E-state index contributed by atoms with van der Waals surface area (Å²) in [6, 6.07) is 0. The van der Waals surface area contributed by atoms with Gasteiger partial charge in [0.25, 0.3) is 0 Å². The standard InChI is InChI=1S/C12H23/c1-9(2)11-6-5-7-12(8-11)10(3)4/h8-12H,5-7H2,1-4H3/t11-,12-/m1/s1. The highest BCUT2D eigenvalue weighted by molar-refractivity contribution is 4.90. The van der Waals surface area contributed by atoms with E-state index in [2.05, 4.69) is 34.1 Å². The van der Waals surface area contributed by atoms with Crippen molar-refractivity contribution in [3.63, 3.8) is 0 Å². The molecule has 1 rings (SSSR count). The van der Waals surface area contributed by atoms with Crippen molar-refractivity contribution in [1.29, 1.82) is 0 Å². The highest BCUT2D eigenvalue weighted by Crippen LogP contribution is 2.36. The van der Waals surface area contributed by atoms with Crippen LogP contribution in [0.5, 0.6) is 0 Å². The summed E-state index contributed by atoms with van der Waals surface area (Å²) in [6.07, 6.45) is 6.93. The molecule has 0 aromatic heterocycles. The Bertz CT molecular complexity index is 110. The van der Waals surface area contributed by atoms with E-state index in [1.54, 1.807) is 0 Å². The van der Waals surface area contributed by atoms with Crippen molar-refractivity contribution < 1.29 is 0 Å². The molecule has 0 nitrogen and oxygen atoms in total. The average Bonchev–Trinajstić information content (AvgIpc) is 2.04. The Morgan fingerprint density at radius 2 is 1.33 bits per heavy atom. The van der Waals surface area contributed by atoms with Crippen molar-refractivity contribution in [2.24, 2.45) is 23.7 Å². The van der Waals surface area contributed by atoms with Crippen molar-refractivity contribution >= 4 is 0 Å². The minimum absolute atomic E-state index is 0.853. The molecule has 1 aliphatic rings. The first-order valence-electron chi connectivity index (χ1n) is 5.46. The van der Waals surface area contributed by atoms with Crippen LogP contribution in [0.3, 0.4) is 0 Å². The van der Waals surface area contributed by atoms with Crippen LogP contribution in [-0.4, -0.2) is 0 Å². The molecule has 71 valence electrons. The normalized spacial score (nSPS) is 31.5. The lowest BCUT2D eigenvalue weighted by atomic mass is 9.72. The molecule has 1 saturated carbocycles. The van der Waals surface area contributed by atoms with E-state index in [0.717, 1.165) is 23.7 Å². The van der Waals surface area contributed by atoms with Crippen LogP contribution >= 0.6 is 0 Å². The summed E-state index contributed by atoms with van der Waals surface area (Å²) in [5.74, 6) is 3.50. The molecule has 0 aliphatic heterocycles. The van der Waals surface area contributed by atoms with Crippen LogP contribution in [-0.2, 0) is 0 Å². The van der Waals surface area contributed by atoms with Crippen molar-refractivity contribution in [2.45, 2.75) is 47.0 Å². The lowest BCUT2D eigenvalue weighted by Gasteiger charge is -2.33. The Morgan fingerprint density at radius 1 is 0.917 bits per heavy atom. The molecule has 1 fully saturated rings. The number of hydrogen-bond donors (Lipinski definition) is 0. The number of rotatable bonds is 2. The fourth-order valence-corrected chi connectivity index (χ4v) is 2.21. The van der Waals surface area contributed by atoms with E-state index in [-0.39, 0.29) is 0 Å². The predicted molar refractivity (Wildman–Crippen MR) is 54.8 cm³/mol. The van der Waals surface area contributed by atoms with Crippen LogP contribution in [0.25, 0.3) is 0 Å². The van der Waals surface area contributed by atoms with Gasteiger partial charge in [-0.15, -0.1) is 0 Å². The second-order valence-corrected chi connectivity index (χ2v) is 4.94. The zero-order chi connectivity index (χ0) is 9.14. The minimum atomic E-state index is 0.853. The molecule has 12 heavy (non-hydrogen) atoms. The van der Waals surface area contributed by atoms with E-state index >= 15 is 0 Å². The fourth-order valence-electron chi connectivity index (χ4n) is 2.21. The molecule has 0 bridgehead atoms. The molecule has 0 spiro atoms. The van der Waals surface area contributed by atoms with Gasteiger partial charge in [0.15, 0.2) is 0 Å². The Kier molecular flexibility index (Phi) is 3.61. The van der Waals surface area contributed by atoms with E-state index in [1.807, 2.05) is 0 Å². The van der Waals surface area contributed by atoms with Crippen LogP contribution in [0, 0.1) is 30.1 Å². The molecular formula is C12H23. The first-order valence-corrected chi connectivity index (χ1v) is 5.46. The maximum absolute atomic E-state index is 2.62. The van der Waals surface area contributed by atoms with Crippen molar-refractivity contribution in [3.05, 3.63) is 6.42 Å². The molecule has 1 radical (unpaired) electrons. The zero-order valence-corrected chi connectivity index (χ0v) is 9.01. The van der Waals surface area contributed by atoms with Gasteiger partial charge >= 0.3 is 0 Å². The second-order valence-electron chi connectivity index (χ2n) is 4.94. The Morgan fingerprint density at radius 3 is 1.67 bits per heavy atom. The summed E-state index contributed by atoms with van der Waals surface area (Å²) in [6.45, 7) is 9.40. The summed E-state index contributed by atoms with van der Waals surface area (Å²) in [7, 11) is 0. The van der Waals surface area contributed by atoms with Crippen molar-refractivity contribution in [2.75, 3.05) is 0 Å². The largest absolute Gasteiger partial charge is 0.0625 e. The van der Waals surface area contributed by atoms with Crippen LogP contribution in [0.1, 0.15) is 47.0 Å². The predicted octanol–water partition coefficient (Wildman–Crippen LogP) is 3.92. The first kappa shape index (κ1) is 10.1. The quantitative estimate of drug-likeness (QED) is 0.585. The van der Waals surface area contributed by atoms with Crippen LogP contribution < -0.4 is 0 Å². The Hall–Kier alpha value is 0. The van der Waals surface area contributed by atoms with Gasteiger partial charge in [-0.3, -0.25) is 0 Å². The molecule has 0 unspecified atom stereocenters. The lowest BCUT2D eigenvalue weighted by Crippen LogP contribution is -2.23. The SMILES string of the molecule is CC(C)[C@H]1[CH][C@H](C(C)C)CCC1. The first-order chi connectivity index (χ1) is 5.61. The summed E-state index contributed by atoms with van der Waals surface area (Å²) in [4.78, 5) is 0. The van der Waals surface area contributed by atoms with Gasteiger partial charge in [0.2, 0.25) is 0 Å². The summed E-state index contributed by atoms with van der Waals surface area (Å²) >= 11 is 0. The minimum Gasteiger partial charge on any atom is -0.0625 e. The van der Waals surface area contributed by atoms with E-state index < -0.39 is 0 Å². The third-order valence-electron chi connectivity index (χ3n) is 3.28. The highest BCUT2D eigenvalue weighted by Gasteiger charge is 2.25. The van der Waals surface area contributed by atoms with Gasteiger partial charge in [0.1, 0.15) is 0 Å². The summed E-state index contributed by atoms with van der Waals surface area (Å²) in [5.41, 5.74) is 0. The summed E-state index contributed by atoms with van der Waals surface area (Å²) < 4.78 is 0. The number of hydrogen-bond acceptors (Lipinski definition) is 0. The van der Waals surface area contributed by atoms with Crippen LogP contribution in [0.4, 0.5) is 0 Å².